The second-order valence-electron chi connectivity index (χ2n) is 2.62. The van der Waals surface area contributed by atoms with E-state index in [1.54, 1.807) is 0 Å². The number of aliphatic hydroxyl groups excluding tert-OH is 4. The van der Waals surface area contributed by atoms with Crippen LogP contribution in [0.1, 0.15) is 6.42 Å². The van der Waals surface area contributed by atoms with Crippen LogP contribution in [0.15, 0.2) is 0 Å². The van der Waals surface area contributed by atoms with Gasteiger partial charge in [-0.1, -0.05) is 0 Å². The van der Waals surface area contributed by atoms with Gasteiger partial charge in [-0.05, 0) is 0 Å². The summed E-state index contributed by atoms with van der Waals surface area (Å²) in [4.78, 5) is 0. The molecule has 0 bridgehead atoms. The van der Waals surface area contributed by atoms with Crippen molar-refractivity contribution in [2.45, 2.75) is 31.0 Å². The first-order chi connectivity index (χ1) is 5.15. The molecule has 0 aliphatic carbocycles. The minimum atomic E-state index is -1.30. The summed E-state index contributed by atoms with van der Waals surface area (Å²) in [7, 11) is 0. The Morgan fingerprint density at radius 3 is 2.36 bits per heavy atom. The van der Waals surface area contributed by atoms with E-state index in [1.807, 2.05) is 0 Å². The van der Waals surface area contributed by atoms with Crippen molar-refractivity contribution in [2.24, 2.45) is 0 Å². The maximum atomic E-state index is 9.10. The summed E-state index contributed by atoms with van der Waals surface area (Å²) in [5.74, 6) is 0. The highest BCUT2D eigenvalue weighted by Crippen LogP contribution is 2.18. The minimum Gasteiger partial charge on any atom is -0.394 e. The molecule has 0 saturated carbocycles. The van der Waals surface area contributed by atoms with Crippen LogP contribution in [0.2, 0.25) is 0 Å². The average Bonchev–Trinajstić information content (AvgIpc) is 1.97. The summed E-state index contributed by atoms with van der Waals surface area (Å²) in [6.07, 6.45) is -4.01. The van der Waals surface area contributed by atoms with Crippen molar-refractivity contribution in [1.82, 2.24) is 0 Å². The minimum absolute atomic E-state index is 0.0341. The molecule has 0 aromatic heterocycles. The molecule has 1 saturated heterocycles. The number of aliphatic hydroxyl groups is 4. The zero-order chi connectivity index (χ0) is 8.43. The van der Waals surface area contributed by atoms with Crippen LogP contribution in [-0.2, 0) is 4.74 Å². The molecule has 11 heavy (non-hydrogen) atoms. The fourth-order valence-corrected chi connectivity index (χ4v) is 1.04. The van der Waals surface area contributed by atoms with E-state index in [4.69, 9.17) is 20.4 Å². The van der Waals surface area contributed by atoms with Crippen LogP contribution >= 0.6 is 0 Å². The Hall–Kier alpha value is -0.200. The molecule has 0 spiro atoms. The van der Waals surface area contributed by atoms with Gasteiger partial charge in [-0.15, -0.1) is 0 Å². The van der Waals surface area contributed by atoms with Gasteiger partial charge in [-0.25, -0.2) is 0 Å². The third-order valence-corrected chi connectivity index (χ3v) is 1.74. The maximum Gasteiger partial charge on any atom is 0.181 e. The normalized spacial score (nSPS) is 45.8. The molecule has 1 aliphatic rings. The largest absolute Gasteiger partial charge is 0.394 e. The van der Waals surface area contributed by atoms with Gasteiger partial charge in [-0.3, -0.25) is 0 Å². The molecular formula is C6H12O5. The van der Waals surface area contributed by atoms with E-state index in [1.165, 1.54) is 0 Å². The fourth-order valence-electron chi connectivity index (χ4n) is 1.04. The van der Waals surface area contributed by atoms with Crippen LogP contribution in [0.4, 0.5) is 0 Å². The van der Waals surface area contributed by atoms with E-state index in [2.05, 4.69) is 4.74 Å². The monoisotopic (exact) mass is 164 g/mol. The molecule has 1 aliphatic heterocycles. The van der Waals surface area contributed by atoms with Crippen LogP contribution in [0.5, 0.6) is 0 Å². The van der Waals surface area contributed by atoms with Gasteiger partial charge in [0.15, 0.2) is 6.29 Å². The molecule has 0 aromatic carbocycles. The summed E-state index contributed by atoms with van der Waals surface area (Å²) >= 11 is 0. The maximum absolute atomic E-state index is 9.10. The quantitative estimate of drug-likeness (QED) is 0.353. The Morgan fingerprint density at radius 1 is 1.18 bits per heavy atom. The van der Waals surface area contributed by atoms with E-state index < -0.39 is 24.6 Å². The lowest BCUT2D eigenvalue weighted by molar-refractivity contribution is -0.251. The number of rotatable bonds is 1. The second-order valence-corrected chi connectivity index (χ2v) is 2.62. The molecule has 0 amide bonds. The summed E-state index contributed by atoms with van der Waals surface area (Å²) < 4.78 is 4.67. The molecule has 66 valence electrons. The second kappa shape index (κ2) is 3.46. The zero-order valence-corrected chi connectivity index (χ0v) is 5.92. The first-order valence-electron chi connectivity index (χ1n) is 3.45. The van der Waals surface area contributed by atoms with Crippen LogP contribution in [-0.4, -0.2) is 51.6 Å². The topological polar surface area (TPSA) is 90.2 Å². The fraction of sp³-hybridized carbons (Fsp3) is 1.00. The first-order valence-corrected chi connectivity index (χ1v) is 3.45. The lowest BCUT2D eigenvalue weighted by Crippen LogP contribution is -2.48. The van der Waals surface area contributed by atoms with Crippen LogP contribution in [0.25, 0.3) is 0 Å². The van der Waals surface area contributed by atoms with Gasteiger partial charge in [0.1, 0.15) is 12.2 Å². The number of hydrogen-bond donors (Lipinski definition) is 4. The molecule has 0 aromatic rings. The summed E-state index contributed by atoms with van der Waals surface area (Å²) in [5.41, 5.74) is 0. The smallest absolute Gasteiger partial charge is 0.181 e. The molecule has 4 N–H and O–H groups in total. The van der Waals surface area contributed by atoms with Gasteiger partial charge in [0.25, 0.3) is 0 Å². The van der Waals surface area contributed by atoms with Crippen molar-refractivity contribution in [3.8, 4) is 0 Å². The van der Waals surface area contributed by atoms with E-state index in [-0.39, 0.29) is 13.0 Å². The summed E-state index contributed by atoms with van der Waals surface area (Å²) in [6.45, 7) is -0.356. The summed E-state index contributed by atoms with van der Waals surface area (Å²) in [5, 5.41) is 35.5. The third-order valence-electron chi connectivity index (χ3n) is 1.74. The molecule has 1 fully saturated rings. The predicted molar refractivity (Wildman–Crippen MR) is 34.6 cm³/mol. The highest BCUT2D eigenvalue weighted by molar-refractivity contribution is 4.79. The number of hydrogen-bond acceptors (Lipinski definition) is 5. The summed E-state index contributed by atoms with van der Waals surface area (Å²) in [6, 6.07) is 0. The molecule has 1 heterocycles. The zero-order valence-electron chi connectivity index (χ0n) is 5.92. The van der Waals surface area contributed by atoms with Gasteiger partial charge < -0.3 is 25.2 Å². The van der Waals surface area contributed by atoms with E-state index in [0.717, 1.165) is 0 Å². The predicted octanol–water partition coefficient (Wildman–Crippen LogP) is -2.19. The highest BCUT2D eigenvalue weighted by Gasteiger charge is 2.34. The number of ether oxygens (including phenoxy) is 1. The molecule has 0 radical (unpaired) electrons. The molecule has 5 nitrogen and oxygen atoms in total. The molecule has 1 rings (SSSR count). The van der Waals surface area contributed by atoms with E-state index >= 15 is 0 Å². The van der Waals surface area contributed by atoms with Crippen molar-refractivity contribution in [3.63, 3.8) is 0 Å². The van der Waals surface area contributed by atoms with Gasteiger partial charge in [0.2, 0.25) is 0 Å². The van der Waals surface area contributed by atoms with Gasteiger partial charge in [0, 0.05) is 6.42 Å². The Kier molecular flexibility index (Phi) is 2.80. The van der Waals surface area contributed by atoms with Crippen molar-refractivity contribution < 1.29 is 25.2 Å². The van der Waals surface area contributed by atoms with E-state index in [9.17, 15) is 0 Å². The van der Waals surface area contributed by atoms with Crippen LogP contribution in [0, 0.1) is 0 Å². The van der Waals surface area contributed by atoms with Gasteiger partial charge in [0.05, 0.1) is 12.7 Å². The average molecular weight is 164 g/mol. The highest BCUT2D eigenvalue weighted by atomic mass is 16.6. The Labute approximate surface area is 63.8 Å². The van der Waals surface area contributed by atoms with Gasteiger partial charge >= 0.3 is 0 Å². The molecule has 5 heteroatoms. The Balaban J connectivity index is 2.48. The molecule has 0 unspecified atom stereocenters. The first kappa shape index (κ1) is 8.89. The van der Waals surface area contributed by atoms with Crippen LogP contribution in [0.3, 0.4) is 0 Å². The third kappa shape index (κ3) is 1.88. The van der Waals surface area contributed by atoms with Crippen LogP contribution < -0.4 is 0 Å². The lowest BCUT2D eigenvalue weighted by atomic mass is 10.0. The Bertz CT molecular complexity index is 128. The van der Waals surface area contributed by atoms with E-state index in [0.29, 0.717) is 0 Å². The van der Waals surface area contributed by atoms with Crippen molar-refractivity contribution in [3.05, 3.63) is 0 Å². The molecule has 4 atom stereocenters. The van der Waals surface area contributed by atoms with Crippen molar-refractivity contribution >= 4 is 0 Å². The van der Waals surface area contributed by atoms with Gasteiger partial charge in [-0.2, -0.15) is 0 Å². The standard InChI is InChI=1S/C6H12O5/c7-2-5-3(8)1-4(9)6(10)11-5/h3-10H,1-2H2/t3-,4-,5+,6+/m0/s1. The Morgan fingerprint density at radius 2 is 1.82 bits per heavy atom. The van der Waals surface area contributed by atoms with Crippen molar-refractivity contribution in [1.29, 1.82) is 0 Å². The SMILES string of the molecule is OC[C@H]1O[C@@H](O)[C@@H](O)C[C@@H]1O. The van der Waals surface area contributed by atoms with Crippen molar-refractivity contribution in [2.75, 3.05) is 6.61 Å². The molecular weight excluding hydrogens is 152 g/mol. The lowest BCUT2D eigenvalue weighted by Gasteiger charge is -2.33.